The Morgan fingerprint density at radius 2 is 2.39 bits per heavy atom. The number of aliphatic carboxylic acids is 1. The lowest BCUT2D eigenvalue weighted by atomic mass is 10.0. The number of carbonyl (C=O) groups is 1. The van der Waals surface area contributed by atoms with E-state index in [4.69, 9.17) is 4.42 Å². The molecule has 5 nitrogen and oxygen atoms in total. The lowest BCUT2D eigenvalue weighted by Crippen LogP contribution is -2.47. The lowest BCUT2D eigenvalue weighted by molar-refractivity contribution is -0.147. The van der Waals surface area contributed by atoms with Gasteiger partial charge in [-0.25, -0.2) is 9.37 Å². The SMILES string of the molecule is O=C(O)[C@]12C[C@H]1CCCN2Cc1coc(-c2cccc(F)c2)n1. The molecule has 0 amide bonds. The lowest BCUT2D eigenvalue weighted by Gasteiger charge is -2.32. The maximum absolute atomic E-state index is 13.3. The number of carboxylic acid groups (broad SMARTS) is 1. The van der Waals surface area contributed by atoms with Crippen molar-refractivity contribution < 1.29 is 18.7 Å². The number of carboxylic acids is 1. The van der Waals surface area contributed by atoms with Crippen molar-refractivity contribution in [3.8, 4) is 11.5 Å². The average Bonchev–Trinajstić information content (AvgIpc) is 3.13. The number of aromatic nitrogens is 1. The first-order chi connectivity index (χ1) is 11.1. The molecule has 1 aromatic carbocycles. The number of hydrogen-bond acceptors (Lipinski definition) is 4. The van der Waals surface area contributed by atoms with Gasteiger partial charge in [0.1, 0.15) is 17.6 Å². The van der Waals surface area contributed by atoms with E-state index in [-0.39, 0.29) is 11.7 Å². The molecule has 0 unspecified atom stereocenters. The summed E-state index contributed by atoms with van der Waals surface area (Å²) in [6.07, 6.45) is 4.24. The summed E-state index contributed by atoms with van der Waals surface area (Å²) in [5, 5.41) is 9.57. The summed E-state index contributed by atoms with van der Waals surface area (Å²) in [6, 6.07) is 6.07. The Bertz CT molecular complexity index is 760. The Kier molecular flexibility index (Phi) is 3.23. The first kappa shape index (κ1) is 14.4. The van der Waals surface area contributed by atoms with Crippen LogP contribution in [0, 0.1) is 11.7 Å². The summed E-state index contributed by atoms with van der Waals surface area (Å²) < 4.78 is 18.7. The van der Waals surface area contributed by atoms with Gasteiger partial charge in [0.2, 0.25) is 5.89 Å². The van der Waals surface area contributed by atoms with Gasteiger partial charge in [-0.1, -0.05) is 6.07 Å². The van der Waals surface area contributed by atoms with E-state index in [2.05, 4.69) is 4.98 Å². The molecular formula is C17H17FN2O3. The zero-order chi connectivity index (χ0) is 16.0. The molecule has 0 radical (unpaired) electrons. The zero-order valence-corrected chi connectivity index (χ0v) is 12.5. The van der Waals surface area contributed by atoms with Crippen LogP contribution in [0.1, 0.15) is 25.0 Å². The van der Waals surface area contributed by atoms with Crippen LogP contribution in [0.5, 0.6) is 0 Å². The van der Waals surface area contributed by atoms with Crippen LogP contribution in [0.25, 0.3) is 11.5 Å². The minimum Gasteiger partial charge on any atom is -0.480 e. The van der Waals surface area contributed by atoms with E-state index in [0.717, 1.165) is 25.8 Å². The molecule has 4 rings (SSSR count). The molecule has 1 saturated carbocycles. The first-order valence-corrected chi connectivity index (χ1v) is 7.78. The molecule has 2 aliphatic rings. The molecule has 6 heteroatoms. The Hall–Kier alpha value is -2.21. The molecule has 2 heterocycles. The number of oxazole rings is 1. The summed E-state index contributed by atoms with van der Waals surface area (Å²) in [6.45, 7) is 1.20. The van der Waals surface area contributed by atoms with Crippen molar-refractivity contribution in [1.82, 2.24) is 9.88 Å². The van der Waals surface area contributed by atoms with Gasteiger partial charge < -0.3 is 9.52 Å². The van der Waals surface area contributed by atoms with Gasteiger partial charge in [0.15, 0.2) is 0 Å². The van der Waals surface area contributed by atoms with Crippen LogP contribution in [0.4, 0.5) is 4.39 Å². The monoisotopic (exact) mass is 316 g/mol. The van der Waals surface area contributed by atoms with E-state index in [1.54, 1.807) is 12.1 Å². The minimum absolute atomic E-state index is 0.253. The van der Waals surface area contributed by atoms with E-state index in [1.807, 2.05) is 4.90 Å². The molecule has 2 aromatic rings. The van der Waals surface area contributed by atoms with E-state index in [0.29, 0.717) is 23.7 Å². The molecule has 23 heavy (non-hydrogen) atoms. The number of nitrogens with zero attached hydrogens (tertiary/aromatic N) is 2. The number of fused-ring (bicyclic) bond motifs is 1. The Balaban J connectivity index is 1.55. The Labute approximate surface area is 132 Å². The summed E-state index contributed by atoms with van der Waals surface area (Å²) in [5.41, 5.74) is 0.542. The largest absolute Gasteiger partial charge is 0.480 e. The van der Waals surface area contributed by atoms with Gasteiger partial charge in [0, 0.05) is 12.1 Å². The third-order valence-electron chi connectivity index (χ3n) is 4.96. The number of halogens is 1. The summed E-state index contributed by atoms with van der Waals surface area (Å²) in [4.78, 5) is 18.0. The van der Waals surface area contributed by atoms with Crippen molar-refractivity contribution in [3.05, 3.63) is 42.0 Å². The second-order valence-corrected chi connectivity index (χ2v) is 6.35. The summed E-state index contributed by atoms with van der Waals surface area (Å²) in [7, 11) is 0. The third kappa shape index (κ3) is 2.34. The molecule has 1 aromatic heterocycles. The minimum atomic E-state index is -0.740. The highest BCUT2D eigenvalue weighted by Crippen LogP contribution is 2.54. The van der Waals surface area contributed by atoms with Gasteiger partial charge in [-0.2, -0.15) is 0 Å². The molecule has 1 aliphatic heterocycles. The van der Waals surface area contributed by atoms with Crippen molar-refractivity contribution >= 4 is 5.97 Å². The fraction of sp³-hybridized carbons (Fsp3) is 0.412. The normalized spacial score (nSPS) is 26.7. The molecule has 1 aliphatic carbocycles. The van der Waals surface area contributed by atoms with Crippen LogP contribution in [-0.2, 0) is 11.3 Å². The van der Waals surface area contributed by atoms with E-state index < -0.39 is 11.5 Å². The van der Waals surface area contributed by atoms with Crippen LogP contribution in [-0.4, -0.2) is 33.0 Å². The number of rotatable bonds is 4. The standard InChI is InChI=1S/C17H17FN2O3/c18-13-5-1-3-11(7-13)15-19-14(10-23-15)9-20-6-2-4-12-8-17(12,20)16(21)22/h1,3,5,7,10,12H,2,4,6,8-9H2,(H,21,22)/t12-,17+/m1/s1. The van der Waals surface area contributed by atoms with Crippen molar-refractivity contribution in [2.45, 2.75) is 31.3 Å². The van der Waals surface area contributed by atoms with Crippen molar-refractivity contribution in [2.24, 2.45) is 5.92 Å². The van der Waals surface area contributed by atoms with Gasteiger partial charge >= 0.3 is 5.97 Å². The average molecular weight is 316 g/mol. The second-order valence-electron chi connectivity index (χ2n) is 6.35. The number of piperidine rings is 1. The van der Waals surface area contributed by atoms with E-state index >= 15 is 0 Å². The topological polar surface area (TPSA) is 66.6 Å². The zero-order valence-electron chi connectivity index (χ0n) is 12.5. The molecule has 0 bridgehead atoms. The Morgan fingerprint density at radius 1 is 1.52 bits per heavy atom. The number of benzene rings is 1. The van der Waals surface area contributed by atoms with Crippen LogP contribution in [0.3, 0.4) is 0 Å². The molecule has 2 atom stereocenters. The van der Waals surface area contributed by atoms with Gasteiger partial charge in [-0.05, 0) is 49.9 Å². The molecular weight excluding hydrogens is 299 g/mol. The molecule has 1 N–H and O–H groups in total. The van der Waals surface area contributed by atoms with E-state index in [9.17, 15) is 14.3 Å². The number of hydrogen-bond donors (Lipinski definition) is 1. The van der Waals surface area contributed by atoms with Crippen molar-refractivity contribution in [1.29, 1.82) is 0 Å². The Morgan fingerprint density at radius 3 is 3.17 bits per heavy atom. The highest BCUT2D eigenvalue weighted by Gasteiger charge is 2.65. The van der Waals surface area contributed by atoms with Crippen LogP contribution < -0.4 is 0 Å². The second kappa shape index (κ2) is 5.16. The first-order valence-electron chi connectivity index (χ1n) is 7.78. The van der Waals surface area contributed by atoms with Gasteiger partial charge in [0.25, 0.3) is 0 Å². The molecule has 1 saturated heterocycles. The van der Waals surface area contributed by atoms with E-state index in [1.165, 1.54) is 18.4 Å². The highest BCUT2D eigenvalue weighted by atomic mass is 19.1. The predicted octanol–water partition coefficient (Wildman–Crippen LogP) is 2.92. The van der Waals surface area contributed by atoms with Gasteiger partial charge in [-0.3, -0.25) is 9.69 Å². The van der Waals surface area contributed by atoms with Crippen molar-refractivity contribution in [3.63, 3.8) is 0 Å². The maximum Gasteiger partial charge on any atom is 0.324 e. The highest BCUT2D eigenvalue weighted by molar-refractivity contribution is 5.83. The fourth-order valence-electron chi connectivity index (χ4n) is 3.72. The molecule has 0 spiro atoms. The van der Waals surface area contributed by atoms with Gasteiger partial charge in [0.05, 0.1) is 5.69 Å². The third-order valence-corrected chi connectivity index (χ3v) is 4.96. The van der Waals surface area contributed by atoms with Crippen LogP contribution >= 0.6 is 0 Å². The summed E-state index contributed by atoms with van der Waals surface area (Å²) >= 11 is 0. The van der Waals surface area contributed by atoms with Crippen LogP contribution in [0.15, 0.2) is 34.9 Å². The van der Waals surface area contributed by atoms with Crippen molar-refractivity contribution in [2.75, 3.05) is 6.54 Å². The van der Waals surface area contributed by atoms with Crippen LogP contribution in [0.2, 0.25) is 0 Å². The molecule has 120 valence electrons. The predicted molar refractivity (Wildman–Crippen MR) is 80.0 cm³/mol. The number of likely N-dealkylation sites (tertiary alicyclic amines) is 1. The quantitative estimate of drug-likeness (QED) is 0.939. The fourth-order valence-corrected chi connectivity index (χ4v) is 3.72. The smallest absolute Gasteiger partial charge is 0.324 e. The maximum atomic E-state index is 13.3. The summed E-state index contributed by atoms with van der Waals surface area (Å²) in [5.74, 6) is -0.475. The molecule has 2 fully saturated rings. The van der Waals surface area contributed by atoms with Gasteiger partial charge in [-0.15, -0.1) is 0 Å².